The summed E-state index contributed by atoms with van der Waals surface area (Å²) in [5.41, 5.74) is 6.63. The van der Waals surface area contributed by atoms with Gasteiger partial charge in [0.2, 0.25) is 0 Å². The van der Waals surface area contributed by atoms with Crippen LogP contribution in [0.4, 0.5) is 5.69 Å². The zero-order valence-electron chi connectivity index (χ0n) is 22.6. The minimum absolute atomic E-state index is 0.224. The number of ether oxygens (including phenoxy) is 1. The first-order valence-electron chi connectivity index (χ1n) is 13.6. The van der Waals surface area contributed by atoms with E-state index in [0.717, 1.165) is 71.3 Å². The summed E-state index contributed by atoms with van der Waals surface area (Å²) in [4.78, 5) is 17.7. The van der Waals surface area contributed by atoms with E-state index in [1.807, 2.05) is 60.7 Å². The summed E-state index contributed by atoms with van der Waals surface area (Å²) in [6.07, 6.45) is 1.75. The van der Waals surface area contributed by atoms with Crippen LogP contribution in [-0.4, -0.2) is 50.3 Å². The molecular formula is C34H32N4O2. The van der Waals surface area contributed by atoms with Gasteiger partial charge < -0.3 is 9.64 Å². The van der Waals surface area contributed by atoms with Gasteiger partial charge in [-0.1, -0.05) is 72.8 Å². The van der Waals surface area contributed by atoms with Crippen LogP contribution < -0.4 is 15.1 Å². The van der Waals surface area contributed by atoms with Crippen LogP contribution in [0.1, 0.15) is 21.5 Å². The van der Waals surface area contributed by atoms with E-state index >= 15 is 0 Å². The molecule has 0 unspecified atom stereocenters. The first kappa shape index (κ1) is 25.6. The van der Waals surface area contributed by atoms with Gasteiger partial charge in [0.15, 0.2) is 0 Å². The van der Waals surface area contributed by atoms with E-state index in [-0.39, 0.29) is 5.91 Å². The highest BCUT2D eigenvalue weighted by Crippen LogP contribution is 2.29. The molecule has 1 heterocycles. The van der Waals surface area contributed by atoms with E-state index in [2.05, 4.69) is 62.8 Å². The molecule has 1 fully saturated rings. The van der Waals surface area contributed by atoms with Gasteiger partial charge in [0.05, 0.1) is 19.0 Å². The van der Waals surface area contributed by atoms with Crippen LogP contribution in [-0.2, 0) is 6.54 Å². The fourth-order valence-electron chi connectivity index (χ4n) is 5.47. The van der Waals surface area contributed by atoms with Crippen molar-refractivity contribution in [2.24, 2.45) is 5.10 Å². The van der Waals surface area contributed by atoms with Crippen molar-refractivity contribution in [1.29, 1.82) is 0 Å². The molecule has 40 heavy (non-hydrogen) atoms. The van der Waals surface area contributed by atoms with Crippen LogP contribution in [0.2, 0.25) is 0 Å². The van der Waals surface area contributed by atoms with Crippen molar-refractivity contribution in [2.75, 3.05) is 38.2 Å². The molecule has 0 aromatic heterocycles. The van der Waals surface area contributed by atoms with Crippen molar-refractivity contribution in [1.82, 2.24) is 10.3 Å². The molecule has 6 nitrogen and oxygen atoms in total. The molecule has 1 aliphatic heterocycles. The molecule has 200 valence electrons. The van der Waals surface area contributed by atoms with Crippen LogP contribution in [0.5, 0.6) is 5.75 Å². The number of anilines is 1. The minimum Gasteiger partial charge on any atom is -0.495 e. The first-order valence-corrected chi connectivity index (χ1v) is 13.6. The number of carbonyl (C=O) groups is 1. The fraction of sp³-hybridized carbons (Fsp3) is 0.176. The Labute approximate surface area is 234 Å². The van der Waals surface area contributed by atoms with Gasteiger partial charge in [-0.25, -0.2) is 5.43 Å². The van der Waals surface area contributed by atoms with E-state index in [9.17, 15) is 4.79 Å². The molecule has 0 bridgehead atoms. The number of hydrogen-bond acceptors (Lipinski definition) is 5. The number of piperazine rings is 1. The molecule has 0 atom stereocenters. The molecule has 5 aromatic carbocycles. The summed E-state index contributed by atoms with van der Waals surface area (Å²) in [5.74, 6) is 0.692. The van der Waals surface area contributed by atoms with Crippen LogP contribution in [0.3, 0.4) is 0 Å². The van der Waals surface area contributed by atoms with E-state index < -0.39 is 0 Å². The second-order valence-electron chi connectivity index (χ2n) is 10.1. The Hall–Kier alpha value is -4.68. The number of hydrazone groups is 1. The molecule has 0 spiro atoms. The Morgan fingerprint density at radius 2 is 1.45 bits per heavy atom. The second kappa shape index (κ2) is 11.6. The quantitative estimate of drug-likeness (QED) is 0.158. The standard InChI is InChI=1S/C34H32N4O2/c1-40-33-13-7-6-12-32(33)38-20-18-37(19-21-38)24-25-14-16-26(17-15-25)34(39)36-35-23-31-29-10-4-2-8-27(29)22-28-9-3-5-11-30(28)31/h2-17,22-23H,18-21,24H2,1H3,(H,36,39)/b35-23-. The molecule has 5 aromatic rings. The average Bonchev–Trinajstić information content (AvgIpc) is 3.01. The Kier molecular flexibility index (Phi) is 7.42. The fourth-order valence-corrected chi connectivity index (χ4v) is 5.47. The third-order valence-corrected chi connectivity index (χ3v) is 7.59. The molecule has 0 radical (unpaired) electrons. The van der Waals surface area contributed by atoms with E-state index in [0.29, 0.717) is 5.56 Å². The predicted octanol–water partition coefficient (Wildman–Crippen LogP) is 6.09. The monoisotopic (exact) mass is 528 g/mol. The maximum Gasteiger partial charge on any atom is 0.271 e. The summed E-state index contributed by atoms with van der Waals surface area (Å²) in [7, 11) is 1.72. The summed E-state index contributed by atoms with van der Waals surface area (Å²) in [6, 6.07) is 34.7. The number of rotatable bonds is 7. The van der Waals surface area contributed by atoms with Crippen molar-refractivity contribution in [2.45, 2.75) is 6.54 Å². The van der Waals surface area contributed by atoms with E-state index in [1.54, 1.807) is 13.3 Å². The van der Waals surface area contributed by atoms with Crippen LogP contribution in [0.25, 0.3) is 21.5 Å². The molecule has 6 rings (SSSR count). The number of hydrogen-bond donors (Lipinski definition) is 1. The summed E-state index contributed by atoms with van der Waals surface area (Å²) in [6.45, 7) is 4.69. The number of para-hydroxylation sites is 2. The smallest absolute Gasteiger partial charge is 0.271 e. The van der Waals surface area contributed by atoms with Crippen LogP contribution in [0.15, 0.2) is 108 Å². The SMILES string of the molecule is COc1ccccc1N1CCN(Cc2ccc(C(=O)N/N=C\c3c4ccccc4cc4ccccc34)cc2)CC1. The minimum atomic E-state index is -0.224. The Balaban J connectivity index is 1.07. The van der Waals surface area contributed by atoms with Crippen molar-refractivity contribution in [3.8, 4) is 5.75 Å². The Morgan fingerprint density at radius 1 is 0.825 bits per heavy atom. The van der Waals surface area contributed by atoms with Gasteiger partial charge in [0.1, 0.15) is 5.75 Å². The van der Waals surface area contributed by atoms with Gasteiger partial charge >= 0.3 is 0 Å². The van der Waals surface area contributed by atoms with Gasteiger partial charge in [0.25, 0.3) is 5.91 Å². The summed E-state index contributed by atoms with van der Waals surface area (Å²) in [5, 5.41) is 8.83. The van der Waals surface area contributed by atoms with Crippen LogP contribution in [0, 0.1) is 0 Å². The Morgan fingerprint density at radius 3 is 2.12 bits per heavy atom. The van der Waals surface area contributed by atoms with Crippen molar-refractivity contribution in [3.63, 3.8) is 0 Å². The lowest BCUT2D eigenvalue weighted by Gasteiger charge is -2.36. The van der Waals surface area contributed by atoms with E-state index in [4.69, 9.17) is 4.74 Å². The highest BCUT2D eigenvalue weighted by molar-refractivity contribution is 6.13. The largest absolute Gasteiger partial charge is 0.495 e. The van der Waals surface area contributed by atoms with Gasteiger partial charge in [-0.05, 0) is 57.4 Å². The molecule has 1 amide bonds. The van der Waals surface area contributed by atoms with Crippen molar-refractivity contribution in [3.05, 3.63) is 120 Å². The maximum absolute atomic E-state index is 12.8. The number of fused-ring (bicyclic) bond motifs is 2. The summed E-state index contributed by atoms with van der Waals surface area (Å²) >= 11 is 0. The molecule has 1 saturated heterocycles. The molecule has 0 saturated carbocycles. The molecule has 1 aliphatic rings. The molecule has 0 aliphatic carbocycles. The highest BCUT2D eigenvalue weighted by atomic mass is 16.5. The Bertz CT molecular complexity index is 1620. The zero-order chi connectivity index (χ0) is 27.3. The van der Waals surface area contributed by atoms with Crippen molar-refractivity contribution >= 4 is 39.4 Å². The predicted molar refractivity (Wildman–Crippen MR) is 163 cm³/mol. The summed E-state index contributed by atoms with van der Waals surface area (Å²) < 4.78 is 5.54. The van der Waals surface area contributed by atoms with Crippen LogP contribution >= 0.6 is 0 Å². The number of nitrogens with zero attached hydrogens (tertiary/aromatic N) is 3. The highest BCUT2D eigenvalue weighted by Gasteiger charge is 2.19. The lowest BCUT2D eigenvalue weighted by Crippen LogP contribution is -2.46. The molecule has 6 heteroatoms. The topological polar surface area (TPSA) is 57.2 Å². The molecular weight excluding hydrogens is 496 g/mol. The normalized spacial score (nSPS) is 14.2. The second-order valence-corrected chi connectivity index (χ2v) is 10.1. The number of nitrogens with one attached hydrogen (secondary N) is 1. The van der Waals surface area contributed by atoms with Crippen molar-refractivity contribution < 1.29 is 9.53 Å². The van der Waals surface area contributed by atoms with Gasteiger partial charge in [-0.15, -0.1) is 0 Å². The van der Waals surface area contributed by atoms with Gasteiger partial charge in [-0.3, -0.25) is 9.69 Å². The average molecular weight is 529 g/mol. The third kappa shape index (κ3) is 5.40. The number of benzene rings is 5. The lowest BCUT2D eigenvalue weighted by molar-refractivity contribution is 0.0955. The van der Waals surface area contributed by atoms with Gasteiger partial charge in [-0.2, -0.15) is 5.10 Å². The lowest BCUT2D eigenvalue weighted by atomic mass is 9.97. The first-order chi connectivity index (χ1) is 19.7. The number of carbonyl (C=O) groups excluding carboxylic acids is 1. The van der Waals surface area contributed by atoms with E-state index in [1.165, 1.54) is 5.56 Å². The number of amides is 1. The number of methoxy groups -OCH3 is 1. The zero-order valence-corrected chi connectivity index (χ0v) is 22.6. The maximum atomic E-state index is 12.8. The third-order valence-electron chi connectivity index (χ3n) is 7.59. The molecule has 1 N–H and O–H groups in total. The van der Waals surface area contributed by atoms with Gasteiger partial charge in [0, 0.05) is 43.9 Å².